The van der Waals surface area contributed by atoms with Crippen LogP contribution in [-0.2, 0) is 0 Å². The van der Waals surface area contributed by atoms with Crippen LogP contribution >= 0.6 is 27.3 Å². The highest BCUT2D eigenvalue weighted by atomic mass is 79.9. The second kappa shape index (κ2) is 5.54. The van der Waals surface area contributed by atoms with Crippen LogP contribution in [-0.4, -0.2) is 11.8 Å². The molecule has 0 aliphatic heterocycles. The van der Waals surface area contributed by atoms with Gasteiger partial charge in [-0.1, -0.05) is 22.0 Å². The summed E-state index contributed by atoms with van der Waals surface area (Å²) >= 11 is 4.64. The second-order valence-corrected chi connectivity index (χ2v) is 5.72. The molecule has 0 fully saturated rings. The van der Waals surface area contributed by atoms with E-state index in [0.717, 1.165) is 10.0 Å². The molecule has 1 heterocycles. The average molecular weight is 339 g/mol. The van der Waals surface area contributed by atoms with Gasteiger partial charge in [-0.3, -0.25) is 9.59 Å². The monoisotopic (exact) mass is 338 g/mol. The van der Waals surface area contributed by atoms with Crippen LogP contribution < -0.4 is 11.1 Å². The van der Waals surface area contributed by atoms with Gasteiger partial charge < -0.3 is 11.1 Å². The molecule has 4 nitrogen and oxygen atoms in total. The second-order valence-electron chi connectivity index (χ2n) is 3.95. The molecule has 2 rings (SSSR count). The van der Waals surface area contributed by atoms with Crippen molar-refractivity contribution >= 4 is 44.1 Å². The molecule has 0 atom stereocenters. The third kappa shape index (κ3) is 3.02. The lowest BCUT2D eigenvalue weighted by molar-refractivity contribution is 0.100. The van der Waals surface area contributed by atoms with E-state index in [2.05, 4.69) is 21.2 Å². The Hall–Kier alpha value is -1.66. The van der Waals surface area contributed by atoms with E-state index in [4.69, 9.17) is 5.73 Å². The van der Waals surface area contributed by atoms with E-state index in [-0.39, 0.29) is 5.91 Å². The molecular formula is C13H11BrN2O2S. The molecule has 0 aliphatic rings. The van der Waals surface area contributed by atoms with Crippen LogP contribution in [0.25, 0.3) is 0 Å². The first-order valence-corrected chi connectivity index (χ1v) is 7.11. The van der Waals surface area contributed by atoms with E-state index in [0.29, 0.717) is 16.1 Å². The van der Waals surface area contributed by atoms with Crippen LogP contribution in [0.4, 0.5) is 5.00 Å². The Kier molecular flexibility index (Phi) is 4.01. The maximum absolute atomic E-state index is 12.1. The fourth-order valence-electron chi connectivity index (χ4n) is 1.51. The zero-order valence-electron chi connectivity index (χ0n) is 10.1. The summed E-state index contributed by atoms with van der Waals surface area (Å²) in [4.78, 5) is 23.2. The number of hydrogen-bond acceptors (Lipinski definition) is 3. The number of primary amides is 1. The Bertz CT molecular complexity index is 652. The Morgan fingerprint density at radius 3 is 2.68 bits per heavy atom. The van der Waals surface area contributed by atoms with Gasteiger partial charge in [0, 0.05) is 10.0 Å². The lowest BCUT2D eigenvalue weighted by Gasteiger charge is -2.06. The Labute approximate surface area is 122 Å². The summed E-state index contributed by atoms with van der Waals surface area (Å²) < 4.78 is 0.862. The van der Waals surface area contributed by atoms with Gasteiger partial charge in [-0.25, -0.2) is 0 Å². The molecule has 2 amide bonds. The molecule has 0 aliphatic carbocycles. The van der Waals surface area contributed by atoms with Crippen LogP contribution in [0.15, 0.2) is 34.1 Å². The van der Waals surface area contributed by atoms with E-state index >= 15 is 0 Å². The van der Waals surface area contributed by atoms with Gasteiger partial charge >= 0.3 is 0 Å². The Balaban J connectivity index is 2.23. The smallest absolute Gasteiger partial charge is 0.256 e. The molecular weight excluding hydrogens is 328 g/mol. The van der Waals surface area contributed by atoms with Crippen molar-refractivity contribution < 1.29 is 9.59 Å². The number of benzene rings is 1. The fraction of sp³-hybridized carbons (Fsp3) is 0.0769. The number of carbonyl (C=O) groups is 2. The fourth-order valence-corrected chi connectivity index (χ4v) is 2.68. The molecule has 19 heavy (non-hydrogen) atoms. The minimum absolute atomic E-state index is 0.273. The minimum atomic E-state index is -0.554. The molecule has 0 saturated carbocycles. The largest absolute Gasteiger partial charge is 0.366 e. The van der Waals surface area contributed by atoms with Crippen molar-refractivity contribution in [2.45, 2.75) is 6.92 Å². The summed E-state index contributed by atoms with van der Waals surface area (Å²) in [6.07, 6.45) is 0. The average Bonchev–Trinajstić information content (AvgIpc) is 2.80. The lowest BCUT2D eigenvalue weighted by Crippen LogP contribution is -2.16. The summed E-state index contributed by atoms with van der Waals surface area (Å²) in [6.45, 7) is 1.94. The molecule has 0 bridgehead atoms. The molecule has 3 N–H and O–H groups in total. The van der Waals surface area contributed by atoms with Crippen LogP contribution in [0, 0.1) is 6.92 Å². The molecule has 0 saturated heterocycles. The molecule has 6 heteroatoms. The van der Waals surface area contributed by atoms with Crippen molar-refractivity contribution in [1.29, 1.82) is 0 Å². The van der Waals surface area contributed by atoms with E-state index < -0.39 is 5.91 Å². The maximum atomic E-state index is 12.1. The zero-order valence-corrected chi connectivity index (χ0v) is 12.5. The van der Waals surface area contributed by atoms with E-state index in [1.807, 2.05) is 13.0 Å². The van der Waals surface area contributed by atoms with Gasteiger partial charge in [0.05, 0.1) is 5.56 Å². The van der Waals surface area contributed by atoms with Gasteiger partial charge in [0.1, 0.15) is 5.00 Å². The van der Waals surface area contributed by atoms with Crippen LogP contribution in [0.5, 0.6) is 0 Å². The van der Waals surface area contributed by atoms with Crippen molar-refractivity contribution in [3.05, 3.63) is 50.8 Å². The number of nitrogens with two attached hydrogens (primary N) is 1. The number of anilines is 1. The highest BCUT2D eigenvalue weighted by Crippen LogP contribution is 2.24. The highest BCUT2D eigenvalue weighted by Gasteiger charge is 2.14. The van der Waals surface area contributed by atoms with Gasteiger partial charge in [0.15, 0.2) is 0 Å². The summed E-state index contributed by atoms with van der Waals surface area (Å²) in [7, 11) is 0. The number of aryl methyl sites for hydroxylation is 1. The normalized spacial score (nSPS) is 10.2. The third-order valence-electron chi connectivity index (χ3n) is 2.59. The van der Waals surface area contributed by atoms with Gasteiger partial charge in [-0.05, 0) is 36.1 Å². The van der Waals surface area contributed by atoms with Crippen molar-refractivity contribution in [2.75, 3.05) is 5.32 Å². The maximum Gasteiger partial charge on any atom is 0.256 e. The molecule has 98 valence electrons. The number of hydrogen-bond donors (Lipinski definition) is 2. The van der Waals surface area contributed by atoms with Gasteiger partial charge in [0.25, 0.3) is 11.8 Å². The Morgan fingerprint density at radius 1 is 1.32 bits per heavy atom. The quantitative estimate of drug-likeness (QED) is 0.902. The van der Waals surface area contributed by atoms with E-state index in [1.165, 1.54) is 11.3 Å². The van der Waals surface area contributed by atoms with Gasteiger partial charge in [0.2, 0.25) is 0 Å². The number of rotatable bonds is 3. The van der Waals surface area contributed by atoms with Crippen molar-refractivity contribution in [3.63, 3.8) is 0 Å². The number of thiophene rings is 1. The number of halogens is 1. The molecule has 1 aromatic carbocycles. The first-order chi connectivity index (χ1) is 8.99. The predicted octanol–water partition coefficient (Wildman–Crippen LogP) is 3.17. The zero-order chi connectivity index (χ0) is 14.0. The van der Waals surface area contributed by atoms with Crippen LogP contribution in [0.1, 0.15) is 26.3 Å². The molecule has 0 unspecified atom stereocenters. The van der Waals surface area contributed by atoms with Crippen molar-refractivity contribution in [2.24, 2.45) is 5.73 Å². The SMILES string of the molecule is Cc1ccc(C(=O)Nc2sccc2C(N)=O)cc1Br. The van der Waals surface area contributed by atoms with E-state index in [1.54, 1.807) is 23.6 Å². The lowest BCUT2D eigenvalue weighted by atomic mass is 10.1. The first-order valence-electron chi connectivity index (χ1n) is 5.44. The van der Waals surface area contributed by atoms with Gasteiger partial charge in [-0.15, -0.1) is 11.3 Å². The number of nitrogens with one attached hydrogen (secondary N) is 1. The molecule has 0 radical (unpaired) electrons. The predicted molar refractivity (Wildman–Crippen MR) is 79.7 cm³/mol. The number of amides is 2. The minimum Gasteiger partial charge on any atom is -0.366 e. The summed E-state index contributed by atoms with van der Waals surface area (Å²) in [5.74, 6) is -0.827. The van der Waals surface area contributed by atoms with Crippen LogP contribution in [0.3, 0.4) is 0 Å². The van der Waals surface area contributed by atoms with E-state index in [9.17, 15) is 9.59 Å². The topological polar surface area (TPSA) is 72.2 Å². The summed E-state index contributed by atoms with van der Waals surface area (Å²) in [6, 6.07) is 6.91. The highest BCUT2D eigenvalue weighted by molar-refractivity contribution is 9.10. The summed E-state index contributed by atoms with van der Waals surface area (Å²) in [5, 5.41) is 4.87. The number of carbonyl (C=O) groups excluding carboxylic acids is 2. The first kappa shape index (κ1) is 13.8. The standard InChI is InChI=1S/C13H11BrN2O2S/c1-7-2-3-8(6-10(7)14)12(18)16-13-9(11(15)17)4-5-19-13/h2-6H,1H3,(H2,15,17)(H,16,18). The molecule has 0 spiro atoms. The van der Waals surface area contributed by atoms with Crippen LogP contribution in [0.2, 0.25) is 0 Å². The van der Waals surface area contributed by atoms with Crippen molar-refractivity contribution in [3.8, 4) is 0 Å². The van der Waals surface area contributed by atoms with Crippen molar-refractivity contribution in [1.82, 2.24) is 0 Å². The third-order valence-corrected chi connectivity index (χ3v) is 4.28. The summed E-state index contributed by atoms with van der Waals surface area (Å²) in [5.41, 5.74) is 7.11. The Morgan fingerprint density at radius 2 is 2.05 bits per heavy atom. The molecule has 1 aromatic heterocycles. The molecule has 2 aromatic rings. The van der Waals surface area contributed by atoms with Gasteiger partial charge in [-0.2, -0.15) is 0 Å².